The quantitative estimate of drug-likeness (QED) is 0.523. The van der Waals surface area contributed by atoms with E-state index in [0.29, 0.717) is 16.5 Å². The fourth-order valence-electron chi connectivity index (χ4n) is 3.73. The summed E-state index contributed by atoms with van der Waals surface area (Å²) in [4.78, 5) is 26.2. The van der Waals surface area contributed by atoms with Crippen molar-refractivity contribution < 1.29 is 14.3 Å². The van der Waals surface area contributed by atoms with Crippen LogP contribution in [-0.2, 0) is 22.4 Å². The van der Waals surface area contributed by atoms with Gasteiger partial charge >= 0.3 is 5.97 Å². The number of carbonyl (C=O) groups is 2. The Kier molecular flexibility index (Phi) is 6.27. The van der Waals surface area contributed by atoms with E-state index in [4.69, 9.17) is 4.74 Å². The van der Waals surface area contributed by atoms with E-state index in [0.717, 1.165) is 30.4 Å². The highest BCUT2D eigenvalue weighted by atomic mass is 32.1. The third-order valence-corrected chi connectivity index (χ3v) is 6.79. The number of rotatable bonds is 4. The van der Waals surface area contributed by atoms with Crippen molar-refractivity contribution in [2.75, 3.05) is 12.4 Å². The summed E-state index contributed by atoms with van der Waals surface area (Å²) in [5.41, 5.74) is 3.91. The summed E-state index contributed by atoms with van der Waals surface area (Å²) < 4.78 is 5.02. The normalized spacial score (nSPS) is 16.5. The second-order valence-electron chi connectivity index (χ2n) is 8.74. The summed E-state index contributed by atoms with van der Waals surface area (Å²) >= 11 is 1.51. The molecule has 0 spiro atoms. The summed E-state index contributed by atoms with van der Waals surface area (Å²) in [6.07, 6.45) is 6.09. The van der Waals surface area contributed by atoms with Crippen LogP contribution in [0.5, 0.6) is 0 Å². The van der Waals surface area contributed by atoms with Gasteiger partial charge in [-0.2, -0.15) is 0 Å². The van der Waals surface area contributed by atoms with Gasteiger partial charge in [0.2, 0.25) is 5.91 Å². The molecular formula is C24H29NO3S. The lowest BCUT2D eigenvalue weighted by atomic mass is 9.72. The molecular weight excluding hydrogens is 382 g/mol. The highest BCUT2D eigenvalue weighted by Gasteiger charge is 2.34. The lowest BCUT2D eigenvalue weighted by Crippen LogP contribution is -2.26. The van der Waals surface area contributed by atoms with E-state index in [-0.39, 0.29) is 17.3 Å². The summed E-state index contributed by atoms with van der Waals surface area (Å²) in [5.74, 6) is -0.0691. The maximum Gasteiger partial charge on any atom is 0.341 e. The Labute approximate surface area is 177 Å². The van der Waals surface area contributed by atoms with Gasteiger partial charge < -0.3 is 10.1 Å². The van der Waals surface area contributed by atoms with Crippen molar-refractivity contribution >= 4 is 34.3 Å². The molecule has 0 aliphatic heterocycles. The number of fused-ring (bicyclic) bond motifs is 1. The Morgan fingerprint density at radius 3 is 2.52 bits per heavy atom. The minimum atomic E-state index is -0.380. The number of amides is 1. The maximum absolute atomic E-state index is 12.5. The van der Waals surface area contributed by atoms with Gasteiger partial charge in [-0.1, -0.05) is 50.6 Å². The van der Waals surface area contributed by atoms with Gasteiger partial charge in [0.05, 0.1) is 12.7 Å². The van der Waals surface area contributed by atoms with Crippen LogP contribution in [0.15, 0.2) is 30.3 Å². The van der Waals surface area contributed by atoms with E-state index in [9.17, 15) is 9.59 Å². The minimum absolute atomic E-state index is 0.216. The lowest BCUT2D eigenvalue weighted by Gasteiger charge is -2.33. The van der Waals surface area contributed by atoms with Crippen molar-refractivity contribution in [3.05, 3.63) is 57.5 Å². The summed E-state index contributed by atoms with van der Waals surface area (Å²) in [6.45, 7) is 8.81. The lowest BCUT2D eigenvalue weighted by molar-refractivity contribution is -0.111. The molecule has 0 bridgehead atoms. The average molecular weight is 412 g/mol. The number of benzene rings is 1. The fraction of sp³-hybridized carbons (Fsp3) is 0.417. The van der Waals surface area contributed by atoms with Gasteiger partial charge in [0.1, 0.15) is 5.00 Å². The standard InChI is InChI=1S/C24H29NO3S/c1-15-6-8-16(9-7-15)10-13-20(26)25-22-21(23(27)28-5)18-12-11-17(24(2,3)4)14-19(18)29-22/h6-10,13,17H,11-12,14H2,1-5H3,(H,25,26). The molecule has 0 saturated heterocycles. The molecule has 1 aliphatic carbocycles. The van der Waals surface area contributed by atoms with Crippen LogP contribution in [0.25, 0.3) is 6.08 Å². The van der Waals surface area contributed by atoms with E-state index < -0.39 is 0 Å². The summed E-state index contributed by atoms with van der Waals surface area (Å²) in [6, 6.07) is 7.95. The number of methoxy groups -OCH3 is 1. The third kappa shape index (κ3) is 4.96. The molecule has 29 heavy (non-hydrogen) atoms. The van der Waals surface area contributed by atoms with Crippen LogP contribution in [0, 0.1) is 18.3 Å². The first-order chi connectivity index (χ1) is 13.7. The van der Waals surface area contributed by atoms with Crippen molar-refractivity contribution in [3.8, 4) is 0 Å². The van der Waals surface area contributed by atoms with Crippen molar-refractivity contribution in [2.45, 2.75) is 47.0 Å². The smallest absolute Gasteiger partial charge is 0.341 e. The summed E-state index contributed by atoms with van der Waals surface area (Å²) in [5, 5.41) is 3.50. The number of aryl methyl sites for hydroxylation is 1. The molecule has 1 amide bonds. The van der Waals surface area contributed by atoms with E-state index in [1.807, 2.05) is 31.2 Å². The molecule has 2 aromatic rings. The largest absolute Gasteiger partial charge is 0.465 e. The highest BCUT2D eigenvalue weighted by Crippen LogP contribution is 2.44. The monoisotopic (exact) mass is 411 g/mol. The SMILES string of the molecule is COC(=O)c1c(NC(=O)C=Cc2ccc(C)cc2)sc2c1CCC(C(C)(C)C)C2. The van der Waals surface area contributed by atoms with Crippen molar-refractivity contribution in [3.63, 3.8) is 0 Å². The van der Waals surface area contributed by atoms with Crippen molar-refractivity contribution in [2.24, 2.45) is 11.3 Å². The predicted molar refractivity (Wildman–Crippen MR) is 119 cm³/mol. The van der Waals surface area contributed by atoms with Crippen LogP contribution >= 0.6 is 11.3 Å². The third-order valence-electron chi connectivity index (χ3n) is 5.62. The van der Waals surface area contributed by atoms with Crippen LogP contribution in [-0.4, -0.2) is 19.0 Å². The zero-order chi connectivity index (χ0) is 21.2. The van der Waals surface area contributed by atoms with Gasteiger partial charge in [0.25, 0.3) is 0 Å². The Hall–Kier alpha value is -2.40. The molecule has 1 heterocycles. The second-order valence-corrected chi connectivity index (χ2v) is 9.84. The van der Waals surface area contributed by atoms with Crippen LogP contribution in [0.4, 0.5) is 5.00 Å². The van der Waals surface area contributed by atoms with E-state index in [1.165, 1.54) is 35.0 Å². The molecule has 1 aromatic heterocycles. The Bertz CT molecular complexity index is 932. The van der Waals surface area contributed by atoms with E-state index >= 15 is 0 Å². The molecule has 0 fully saturated rings. The topological polar surface area (TPSA) is 55.4 Å². The molecule has 4 nitrogen and oxygen atoms in total. The second kappa shape index (κ2) is 8.54. The number of nitrogens with one attached hydrogen (secondary N) is 1. The van der Waals surface area contributed by atoms with E-state index in [2.05, 4.69) is 26.1 Å². The fourth-order valence-corrected chi connectivity index (χ4v) is 5.05. The number of esters is 1. The average Bonchev–Trinajstić information content (AvgIpc) is 3.03. The van der Waals surface area contributed by atoms with Gasteiger partial charge in [-0.15, -0.1) is 11.3 Å². The molecule has 1 unspecified atom stereocenters. The molecule has 1 aromatic carbocycles. The van der Waals surface area contributed by atoms with Gasteiger partial charge in [0, 0.05) is 11.0 Å². The molecule has 1 N–H and O–H groups in total. The van der Waals surface area contributed by atoms with Crippen LogP contribution < -0.4 is 5.32 Å². The van der Waals surface area contributed by atoms with Gasteiger partial charge in [-0.3, -0.25) is 4.79 Å². The van der Waals surface area contributed by atoms with Crippen molar-refractivity contribution in [1.82, 2.24) is 0 Å². The first-order valence-corrected chi connectivity index (χ1v) is 10.8. The molecule has 1 aliphatic rings. The number of thiophene rings is 1. The molecule has 154 valence electrons. The predicted octanol–water partition coefficient (Wildman–Crippen LogP) is 5.65. The zero-order valence-electron chi connectivity index (χ0n) is 17.8. The number of ether oxygens (including phenoxy) is 1. The Morgan fingerprint density at radius 2 is 1.90 bits per heavy atom. The molecule has 1 atom stereocenters. The van der Waals surface area contributed by atoms with Crippen molar-refractivity contribution in [1.29, 1.82) is 0 Å². The van der Waals surface area contributed by atoms with Crippen LogP contribution in [0.1, 0.15) is 59.1 Å². The van der Waals surface area contributed by atoms with Gasteiger partial charge in [-0.25, -0.2) is 4.79 Å². The highest BCUT2D eigenvalue weighted by molar-refractivity contribution is 7.17. The molecule has 3 rings (SSSR count). The summed E-state index contributed by atoms with van der Waals surface area (Å²) in [7, 11) is 1.38. The minimum Gasteiger partial charge on any atom is -0.465 e. The maximum atomic E-state index is 12.5. The first-order valence-electron chi connectivity index (χ1n) is 9.97. The number of carbonyl (C=O) groups excluding carboxylic acids is 2. The molecule has 0 radical (unpaired) electrons. The van der Waals surface area contributed by atoms with Gasteiger partial charge in [0.15, 0.2) is 0 Å². The van der Waals surface area contributed by atoms with Crippen LogP contribution in [0.3, 0.4) is 0 Å². The number of anilines is 1. The Morgan fingerprint density at radius 1 is 1.21 bits per heavy atom. The zero-order valence-corrected chi connectivity index (χ0v) is 18.6. The number of hydrogen-bond donors (Lipinski definition) is 1. The molecule has 0 saturated carbocycles. The Balaban J connectivity index is 1.83. The van der Waals surface area contributed by atoms with E-state index in [1.54, 1.807) is 6.08 Å². The first kappa shape index (κ1) is 21.3. The molecule has 5 heteroatoms. The van der Waals surface area contributed by atoms with Crippen LogP contribution in [0.2, 0.25) is 0 Å². The van der Waals surface area contributed by atoms with Gasteiger partial charge in [-0.05, 0) is 54.7 Å². The number of hydrogen-bond acceptors (Lipinski definition) is 4.